The van der Waals surface area contributed by atoms with E-state index in [0.717, 1.165) is 32.1 Å². The minimum absolute atomic E-state index is 0.143. The first-order valence-corrected chi connectivity index (χ1v) is 20.8. The molecule has 7 rings (SSSR count). The average Bonchev–Trinajstić information content (AvgIpc) is 3.25. The molecule has 2 N–H and O–H groups in total. The van der Waals surface area contributed by atoms with Crippen LogP contribution in [0, 0.1) is 11.8 Å². The van der Waals surface area contributed by atoms with Crippen LogP contribution in [0.3, 0.4) is 0 Å². The molecule has 2 aliphatic carbocycles. The number of carbonyl (C=O) groups excluding carboxylic acids is 1. The largest absolute Gasteiger partial charge is 0.490 e. The van der Waals surface area contributed by atoms with Crippen molar-refractivity contribution >= 4 is 39.0 Å². The molecule has 11 nitrogen and oxygen atoms in total. The van der Waals surface area contributed by atoms with E-state index in [2.05, 4.69) is 28.0 Å². The molecule has 2 aromatic rings. The van der Waals surface area contributed by atoms with Crippen LogP contribution in [0.15, 0.2) is 48.6 Å². The van der Waals surface area contributed by atoms with Gasteiger partial charge in [-0.05, 0) is 91.3 Å². The highest BCUT2D eigenvalue weighted by molar-refractivity contribution is 7.91. The number of rotatable bonds is 5. The number of carboxylic acid groups (broad SMARTS) is 1. The summed E-state index contributed by atoms with van der Waals surface area (Å²) in [4.78, 5) is 32.0. The lowest BCUT2D eigenvalue weighted by Gasteiger charge is -2.46. The van der Waals surface area contributed by atoms with Crippen molar-refractivity contribution in [2.45, 2.75) is 62.1 Å². The third-order valence-corrected chi connectivity index (χ3v) is 14.0. The number of benzene rings is 2. The van der Waals surface area contributed by atoms with Crippen LogP contribution >= 0.6 is 11.6 Å². The van der Waals surface area contributed by atoms with Crippen molar-refractivity contribution in [3.63, 3.8) is 0 Å². The normalized spacial score (nSPS) is 31.4. The Morgan fingerprint density at radius 1 is 1.12 bits per heavy atom. The van der Waals surface area contributed by atoms with E-state index >= 15 is 0 Å². The summed E-state index contributed by atoms with van der Waals surface area (Å²) in [6.45, 7) is 4.29. The summed E-state index contributed by atoms with van der Waals surface area (Å²) in [6.07, 6.45) is 8.76. The van der Waals surface area contributed by atoms with Crippen molar-refractivity contribution in [2.75, 3.05) is 75.9 Å². The van der Waals surface area contributed by atoms with E-state index in [9.17, 15) is 28.2 Å². The maximum atomic E-state index is 13.4. The van der Waals surface area contributed by atoms with Crippen LogP contribution in [0.25, 0.3) is 0 Å². The molecule has 0 unspecified atom stereocenters. The number of carbonyl (C=O) groups is 2. The van der Waals surface area contributed by atoms with Crippen molar-refractivity contribution in [1.82, 2.24) is 9.80 Å². The zero-order valence-corrected chi connectivity index (χ0v) is 31.4. The molecule has 3 aliphatic heterocycles. The Balaban J connectivity index is 1.23. The molecular weight excluding hydrogens is 706 g/mol. The van der Waals surface area contributed by atoms with Gasteiger partial charge in [-0.15, -0.1) is 0 Å². The molecule has 52 heavy (non-hydrogen) atoms. The highest BCUT2D eigenvalue weighted by Crippen LogP contribution is 2.48. The topological polar surface area (TPSA) is 137 Å². The number of hydrogen-bond donors (Lipinski definition) is 2. The highest BCUT2D eigenvalue weighted by Gasteiger charge is 2.46. The Kier molecular flexibility index (Phi) is 10.7. The van der Waals surface area contributed by atoms with E-state index < -0.39 is 33.7 Å². The van der Waals surface area contributed by atoms with Gasteiger partial charge in [-0.25, -0.2) is 13.2 Å². The Morgan fingerprint density at radius 3 is 2.67 bits per heavy atom. The Hall–Kier alpha value is -3.16. The molecule has 3 heterocycles. The monoisotopic (exact) mass is 755 g/mol. The number of nitrogens with zero attached hydrogens (tertiary/aromatic N) is 3. The van der Waals surface area contributed by atoms with Crippen LogP contribution in [0.2, 0.25) is 5.02 Å². The van der Waals surface area contributed by atoms with Gasteiger partial charge < -0.3 is 29.5 Å². The van der Waals surface area contributed by atoms with Crippen LogP contribution in [-0.2, 0) is 41.6 Å². The first kappa shape index (κ1) is 37.2. The van der Waals surface area contributed by atoms with Gasteiger partial charge >= 0.3 is 5.97 Å². The lowest BCUT2D eigenvalue weighted by atomic mass is 9.68. The number of hydrogen-bond acceptors (Lipinski definition) is 9. The molecule has 5 aliphatic rings. The number of ether oxygens (including phenoxy) is 2. The molecule has 282 valence electrons. The van der Waals surface area contributed by atoms with E-state index in [4.69, 9.17) is 21.1 Å². The molecule has 1 amide bonds. The van der Waals surface area contributed by atoms with Gasteiger partial charge in [-0.1, -0.05) is 35.9 Å². The number of anilines is 1. The molecule has 13 heteroatoms. The minimum Gasteiger partial charge on any atom is -0.490 e. The third kappa shape index (κ3) is 7.59. The molecular formula is C39H50ClN3O8S. The van der Waals surface area contributed by atoms with Crippen molar-refractivity contribution in [3.05, 3.63) is 70.3 Å². The van der Waals surface area contributed by atoms with Crippen molar-refractivity contribution < 1.29 is 37.7 Å². The van der Waals surface area contributed by atoms with Crippen LogP contribution in [0.1, 0.15) is 55.2 Å². The number of aliphatic hydroxyl groups is 1. The molecule has 5 atom stereocenters. The second-order valence-electron chi connectivity index (χ2n) is 15.5. The second kappa shape index (κ2) is 14.9. The molecule has 1 saturated heterocycles. The Bertz CT molecular complexity index is 1810. The fourth-order valence-electron chi connectivity index (χ4n) is 8.80. The second-order valence-corrected chi connectivity index (χ2v) is 18.2. The highest BCUT2D eigenvalue weighted by atomic mass is 35.5. The molecule has 2 aromatic carbocycles. The van der Waals surface area contributed by atoms with Gasteiger partial charge in [0.1, 0.15) is 5.75 Å². The van der Waals surface area contributed by atoms with E-state index in [0.29, 0.717) is 75.4 Å². The summed E-state index contributed by atoms with van der Waals surface area (Å²) < 4.78 is 37.2. The van der Waals surface area contributed by atoms with Crippen LogP contribution in [0.4, 0.5) is 5.69 Å². The van der Waals surface area contributed by atoms with Gasteiger partial charge in [0.05, 0.1) is 42.9 Å². The Morgan fingerprint density at radius 2 is 1.92 bits per heavy atom. The molecule has 0 aromatic heterocycles. The maximum absolute atomic E-state index is 13.4. The summed E-state index contributed by atoms with van der Waals surface area (Å²) in [6, 6.07) is 11.2. The number of aliphatic carboxylic acids is 1. The van der Waals surface area contributed by atoms with Crippen molar-refractivity contribution in [3.8, 4) is 5.75 Å². The lowest BCUT2D eigenvalue weighted by Crippen LogP contribution is -2.50. The molecule has 2 bridgehead atoms. The quantitative estimate of drug-likeness (QED) is 0.431. The van der Waals surface area contributed by atoms with E-state index in [1.807, 2.05) is 12.1 Å². The molecule has 1 saturated carbocycles. The number of fused-ring (bicyclic) bond motifs is 4. The minimum atomic E-state index is -2.96. The predicted octanol–water partition coefficient (Wildman–Crippen LogP) is 4.04. The summed E-state index contributed by atoms with van der Waals surface area (Å²) in [5.74, 6) is -0.476. The number of sulfone groups is 1. The number of aryl methyl sites for hydroxylation is 1. The summed E-state index contributed by atoms with van der Waals surface area (Å²) in [7, 11) is -1.34. The van der Waals surface area contributed by atoms with Gasteiger partial charge in [0, 0.05) is 56.8 Å². The zero-order valence-electron chi connectivity index (χ0n) is 29.8. The summed E-state index contributed by atoms with van der Waals surface area (Å²) >= 11 is 6.46. The zero-order chi connectivity index (χ0) is 36.7. The first-order chi connectivity index (χ1) is 24.9. The fraction of sp³-hybridized carbons (Fsp3) is 0.590. The summed E-state index contributed by atoms with van der Waals surface area (Å²) in [5.41, 5.74) is 0.535. The first-order valence-electron chi connectivity index (χ1n) is 18.6. The Labute approximate surface area is 311 Å². The maximum Gasteiger partial charge on any atom is 0.340 e. The number of amides is 1. The van der Waals surface area contributed by atoms with E-state index in [-0.39, 0.29) is 40.4 Å². The molecule has 0 radical (unpaired) electrons. The average molecular weight is 756 g/mol. The van der Waals surface area contributed by atoms with Crippen molar-refractivity contribution in [1.29, 1.82) is 0 Å². The van der Waals surface area contributed by atoms with E-state index in [1.54, 1.807) is 25.2 Å². The van der Waals surface area contributed by atoms with Gasteiger partial charge in [0.2, 0.25) is 5.91 Å². The van der Waals surface area contributed by atoms with Gasteiger partial charge in [0.25, 0.3) is 0 Å². The van der Waals surface area contributed by atoms with Gasteiger partial charge in [-0.3, -0.25) is 9.69 Å². The lowest BCUT2D eigenvalue weighted by molar-refractivity contribution is -0.164. The SMILES string of the molecule is CN1CC/C=C\[C@H](OCCN2CCS(=O)(=O)CC2)[C@@H]2CC[C@H]2CN2C[C@@]3(CCCc4cc(Cl)ccc43)COc3ccc(cc32)[C@@](O)(C(=O)O)CC1=O. The predicted molar refractivity (Wildman–Crippen MR) is 199 cm³/mol. The number of halogens is 1. The summed E-state index contributed by atoms with van der Waals surface area (Å²) in [5, 5.41) is 22.8. The molecule has 2 fully saturated rings. The standard InChI is InChI=1S/C39H50ClN3O8S/c1-41-14-3-2-6-34(50-18-15-42-16-19-52(48,49)20-17-42)31-10-7-28(31)24-43-25-38(13-4-5-27-21-30(40)9-11-32(27)38)26-51-35-12-8-29(22-33(35)43)39(47,37(45)46)23-36(41)44/h2,6,8-9,11-12,21-22,28,31,34,47H,3-5,7,10,13-20,23-26H2,1H3,(H,45,46)/b6-2-/t28-,31+,34-,38-,39+/m0/s1. The van der Waals surface area contributed by atoms with Gasteiger partial charge in [-0.2, -0.15) is 0 Å². The van der Waals surface area contributed by atoms with Crippen LogP contribution in [0.5, 0.6) is 5.75 Å². The van der Waals surface area contributed by atoms with Gasteiger partial charge in [0.15, 0.2) is 15.4 Å². The number of carboxylic acids is 1. The smallest absolute Gasteiger partial charge is 0.340 e. The van der Waals surface area contributed by atoms with Crippen LogP contribution < -0.4 is 9.64 Å². The van der Waals surface area contributed by atoms with Crippen LogP contribution in [-0.4, -0.2) is 117 Å². The third-order valence-electron chi connectivity index (χ3n) is 12.2. The molecule has 1 spiro atoms. The van der Waals surface area contributed by atoms with Crippen molar-refractivity contribution in [2.24, 2.45) is 11.8 Å². The van der Waals surface area contributed by atoms with E-state index in [1.165, 1.54) is 16.0 Å². The fourth-order valence-corrected chi connectivity index (χ4v) is 10.3.